The molecule has 3 aromatic carbocycles. The molecule has 1 aliphatic rings. The Morgan fingerprint density at radius 3 is 2.60 bits per heavy atom. The minimum Gasteiger partial charge on any atom is -0.454 e. The number of nitrogens with zero attached hydrogens (tertiary/aromatic N) is 2. The van der Waals surface area contributed by atoms with Crippen LogP contribution in [0.4, 0.5) is 4.39 Å². The van der Waals surface area contributed by atoms with Crippen molar-refractivity contribution in [3.8, 4) is 11.5 Å². The molecule has 0 amide bonds. The molecule has 0 unspecified atom stereocenters. The van der Waals surface area contributed by atoms with Crippen LogP contribution in [0.3, 0.4) is 0 Å². The Morgan fingerprint density at radius 2 is 1.73 bits per heavy atom. The Morgan fingerprint density at radius 1 is 0.967 bits per heavy atom. The van der Waals surface area contributed by atoms with Gasteiger partial charge in [-0.1, -0.05) is 42.1 Å². The fourth-order valence-corrected chi connectivity index (χ4v) is 4.29. The van der Waals surface area contributed by atoms with Crippen LogP contribution in [0.2, 0.25) is 0 Å². The van der Waals surface area contributed by atoms with Crippen molar-refractivity contribution in [2.45, 2.75) is 17.5 Å². The molecular weight excluding hydrogens is 403 g/mol. The zero-order valence-corrected chi connectivity index (χ0v) is 16.7. The molecular formula is C23H17FN2O3S. The van der Waals surface area contributed by atoms with Crippen molar-refractivity contribution in [3.05, 3.63) is 94.0 Å². The normalized spacial score (nSPS) is 12.4. The molecule has 30 heavy (non-hydrogen) atoms. The molecule has 0 bridgehead atoms. The van der Waals surface area contributed by atoms with E-state index < -0.39 is 0 Å². The van der Waals surface area contributed by atoms with Crippen LogP contribution in [0.25, 0.3) is 10.9 Å². The average Bonchev–Trinajstić information content (AvgIpc) is 3.24. The third kappa shape index (κ3) is 3.64. The molecule has 0 radical (unpaired) electrons. The Kier molecular flexibility index (Phi) is 4.88. The molecule has 2 heterocycles. The molecule has 0 saturated heterocycles. The first kappa shape index (κ1) is 18.7. The highest BCUT2D eigenvalue weighted by Gasteiger charge is 2.15. The fraction of sp³-hybridized carbons (Fsp3) is 0.130. The van der Waals surface area contributed by atoms with E-state index in [1.165, 1.54) is 23.9 Å². The fourth-order valence-electron chi connectivity index (χ4n) is 3.35. The summed E-state index contributed by atoms with van der Waals surface area (Å²) < 4.78 is 25.7. The summed E-state index contributed by atoms with van der Waals surface area (Å²) in [6.45, 7) is 0.551. The number of hydrogen-bond donors (Lipinski definition) is 0. The Hall–Kier alpha value is -3.32. The maximum Gasteiger partial charge on any atom is 0.262 e. The van der Waals surface area contributed by atoms with Crippen LogP contribution < -0.4 is 15.0 Å². The smallest absolute Gasteiger partial charge is 0.262 e. The maximum atomic E-state index is 13.3. The number of aromatic nitrogens is 2. The van der Waals surface area contributed by atoms with Crippen LogP contribution >= 0.6 is 11.8 Å². The molecule has 0 spiro atoms. The lowest BCUT2D eigenvalue weighted by atomic mass is 10.2. The van der Waals surface area contributed by atoms with E-state index >= 15 is 0 Å². The predicted molar refractivity (Wildman–Crippen MR) is 114 cm³/mol. The van der Waals surface area contributed by atoms with Gasteiger partial charge in [-0.25, -0.2) is 9.37 Å². The van der Waals surface area contributed by atoms with Gasteiger partial charge < -0.3 is 9.47 Å². The van der Waals surface area contributed by atoms with Crippen LogP contribution in [0.5, 0.6) is 11.5 Å². The molecule has 150 valence electrons. The largest absolute Gasteiger partial charge is 0.454 e. The van der Waals surface area contributed by atoms with Crippen LogP contribution in [0, 0.1) is 5.82 Å². The third-order valence-electron chi connectivity index (χ3n) is 4.89. The molecule has 5 nitrogen and oxygen atoms in total. The van der Waals surface area contributed by atoms with E-state index in [0.29, 0.717) is 28.4 Å². The number of thioether (sulfide) groups is 1. The zero-order chi connectivity index (χ0) is 20.5. The van der Waals surface area contributed by atoms with E-state index in [-0.39, 0.29) is 18.2 Å². The number of benzene rings is 3. The molecule has 1 aromatic heterocycles. The number of fused-ring (bicyclic) bond motifs is 2. The van der Waals surface area contributed by atoms with E-state index in [0.717, 1.165) is 22.6 Å². The lowest BCUT2D eigenvalue weighted by molar-refractivity contribution is 0.174. The van der Waals surface area contributed by atoms with Gasteiger partial charge in [0.05, 0.1) is 17.4 Å². The summed E-state index contributed by atoms with van der Waals surface area (Å²) in [6.07, 6.45) is 0. The number of rotatable bonds is 5. The van der Waals surface area contributed by atoms with Gasteiger partial charge in [0.1, 0.15) is 5.82 Å². The second-order valence-electron chi connectivity index (χ2n) is 6.91. The highest BCUT2D eigenvalue weighted by atomic mass is 32.2. The lowest BCUT2D eigenvalue weighted by Crippen LogP contribution is -2.24. The third-order valence-corrected chi connectivity index (χ3v) is 5.93. The summed E-state index contributed by atoms with van der Waals surface area (Å²) in [5, 5.41) is 1.17. The first-order valence-electron chi connectivity index (χ1n) is 9.43. The van der Waals surface area contributed by atoms with Crippen molar-refractivity contribution in [2.75, 3.05) is 6.79 Å². The van der Waals surface area contributed by atoms with E-state index in [1.807, 2.05) is 36.4 Å². The Labute approximate surface area is 176 Å². The Balaban J connectivity index is 1.50. The predicted octanol–water partition coefficient (Wildman–Crippen LogP) is 4.60. The first-order chi connectivity index (χ1) is 14.7. The quantitative estimate of drug-likeness (QED) is 0.349. The van der Waals surface area contributed by atoms with Gasteiger partial charge in [0, 0.05) is 5.75 Å². The van der Waals surface area contributed by atoms with Gasteiger partial charge in [0.25, 0.3) is 5.56 Å². The average molecular weight is 420 g/mol. The standard InChI is InChI=1S/C23H17FN2O3S/c24-17-8-5-15(6-9-17)12-26-22(27)18-3-1-2-4-19(18)25-23(26)30-13-16-7-10-20-21(11-16)29-14-28-20/h1-11H,12-14H2. The molecule has 7 heteroatoms. The molecule has 4 aromatic rings. The van der Waals surface area contributed by atoms with Gasteiger partial charge in [0.15, 0.2) is 16.7 Å². The minimum absolute atomic E-state index is 0.113. The molecule has 0 aliphatic carbocycles. The van der Waals surface area contributed by atoms with Crippen LogP contribution in [0.15, 0.2) is 76.7 Å². The summed E-state index contributed by atoms with van der Waals surface area (Å²) in [5.41, 5.74) is 2.42. The van der Waals surface area contributed by atoms with Crippen molar-refractivity contribution < 1.29 is 13.9 Å². The molecule has 0 N–H and O–H groups in total. The molecule has 0 fully saturated rings. The van der Waals surface area contributed by atoms with Gasteiger partial charge in [-0.05, 0) is 47.5 Å². The Bertz CT molecular complexity index is 1290. The molecule has 1 aliphatic heterocycles. The zero-order valence-electron chi connectivity index (χ0n) is 15.9. The lowest BCUT2D eigenvalue weighted by Gasteiger charge is -2.13. The second kappa shape index (κ2) is 7.84. The monoisotopic (exact) mass is 420 g/mol. The van der Waals surface area contributed by atoms with E-state index in [1.54, 1.807) is 22.8 Å². The van der Waals surface area contributed by atoms with E-state index in [9.17, 15) is 9.18 Å². The van der Waals surface area contributed by atoms with Gasteiger partial charge in [-0.15, -0.1) is 0 Å². The topological polar surface area (TPSA) is 53.4 Å². The first-order valence-corrected chi connectivity index (χ1v) is 10.4. The maximum absolute atomic E-state index is 13.3. The highest BCUT2D eigenvalue weighted by Crippen LogP contribution is 2.34. The van der Waals surface area contributed by atoms with Crippen molar-refractivity contribution in [1.82, 2.24) is 9.55 Å². The molecule has 5 rings (SSSR count). The van der Waals surface area contributed by atoms with Gasteiger partial charge in [0.2, 0.25) is 6.79 Å². The van der Waals surface area contributed by atoms with Gasteiger partial charge in [-0.3, -0.25) is 9.36 Å². The van der Waals surface area contributed by atoms with Crippen molar-refractivity contribution in [2.24, 2.45) is 0 Å². The number of para-hydroxylation sites is 1. The minimum atomic E-state index is -0.305. The van der Waals surface area contributed by atoms with Gasteiger partial charge in [-0.2, -0.15) is 0 Å². The number of halogens is 1. The SMILES string of the molecule is O=c1c2ccccc2nc(SCc2ccc3c(c2)OCO3)n1Cc1ccc(F)cc1. The van der Waals surface area contributed by atoms with Crippen LogP contribution in [-0.2, 0) is 12.3 Å². The highest BCUT2D eigenvalue weighted by molar-refractivity contribution is 7.98. The van der Waals surface area contributed by atoms with E-state index in [2.05, 4.69) is 0 Å². The van der Waals surface area contributed by atoms with Crippen molar-refractivity contribution in [3.63, 3.8) is 0 Å². The second-order valence-corrected chi connectivity index (χ2v) is 7.85. The van der Waals surface area contributed by atoms with Crippen molar-refractivity contribution >= 4 is 22.7 Å². The summed E-state index contributed by atoms with van der Waals surface area (Å²) in [5.74, 6) is 1.77. The number of hydrogen-bond acceptors (Lipinski definition) is 5. The van der Waals surface area contributed by atoms with Crippen molar-refractivity contribution in [1.29, 1.82) is 0 Å². The summed E-state index contributed by atoms with van der Waals surface area (Å²) >= 11 is 1.48. The summed E-state index contributed by atoms with van der Waals surface area (Å²) in [7, 11) is 0. The molecule has 0 saturated carbocycles. The van der Waals surface area contributed by atoms with Crippen LogP contribution in [0.1, 0.15) is 11.1 Å². The summed E-state index contributed by atoms with van der Waals surface area (Å²) in [4.78, 5) is 17.9. The number of ether oxygens (including phenoxy) is 2. The molecule has 0 atom stereocenters. The van der Waals surface area contributed by atoms with Gasteiger partial charge >= 0.3 is 0 Å². The van der Waals surface area contributed by atoms with Crippen LogP contribution in [-0.4, -0.2) is 16.3 Å². The van der Waals surface area contributed by atoms with E-state index in [4.69, 9.17) is 14.5 Å². The summed E-state index contributed by atoms with van der Waals surface area (Å²) in [6, 6.07) is 19.3.